The zero-order valence-corrected chi connectivity index (χ0v) is 9.89. The van der Waals surface area contributed by atoms with Gasteiger partial charge in [0.1, 0.15) is 0 Å². The fourth-order valence-corrected chi connectivity index (χ4v) is 2.34. The van der Waals surface area contributed by atoms with Crippen LogP contribution in [0.25, 0.3) is 21.5 Å². The fourth-order valence-electron chi connectivity index (χ4n) is 2.00. The van der Waals surface area contributed by atoms with Gasteiger partial charge in [-0.15, -0.1) is 0 Å². The molecule has 0 nitrogen and oxygen atoms in total. The quantitative estimate of drug-likeness (QED) is 0.473. The lowest BCUT2D eigenvalue weighted by Gasteiger charge is -2.05. The summed E-state index contributed by atoms with van der Waals surface area (Å²) in [5.41, 5.74) is 0. The van der Waals surface area contributed by atoms with Gasteiger partial charge in [-0.3, -0.25) is 0 Å². The van der Waals surface area contributed by atoms with E-state index in [-0.39, 0.29) is 0 Å². The molecule has 3 aromatic rings. The van der Waals surface area contributed by atoms with Crippen molar-refractivity contribution in [3.05, 3.63) is 58.6 Å². The normalized spacial score (nSPS) is 11.1. The molecule has 0 spiro atoms. The highest BCUT2D eigenvalue weighted by Gasteiger charge is 2.04. The Balaban J connectivity index is 2.55. The maximum absolute atomic E-state index is 6.06. The summed E-state index contributed by atoms with van der Waals surface area (Å²) in [6.07, 6.45) is 0. The van der Waals surface area contributed by atoms with Gasteiger partial charge < -0.3 is 0 Å². The van der Waals surface area contributed by atoms with E-state index in [1.54, 1.807) is 0 Å². The largest absolute Gasteiger partial charge is 0.0827 e. The van der Waals surface area contributed by atoms with Gasteiger partial charge >= 0.3 is 0 Å². The van der Waals surface area contributed by atoms with E-state index in [1.165, 1.54) is 10.8 Å². The number of hydrogen-bond acceptors (Lipinski definition) is 0. The fraction of sp³-hybridized carbons (Fsp3) is 0. The minimum atomic E-state index is 0.601. The third kappa shape index (κ3) is 1.46. The van der Waals surface area contributed by atoms with Crippen molar-refractivity contribution in [3.63, 3.8) is 0 Å². The number of fused-ring (bicyclic) bond motifs is 3. The van der Waals surface area contributed by atoms with Gasteiger partial charge in [0, 0.05) is 0 Å². The summed E-state index contributed by atoms with van der Waals surface area (Å²) in [6, 6.07) is 16.3. The maximum Gasteiger partial charge on any atom is 0.0598 e. The zero-order valence-electron chi connectivity index (χ0n) is 8.37. The van der Waals surface area contributed by atoms with Crippen molar-refractivity contribution in [2.75, 3.05) is 0 Å². The Labute approximate surface area is 103 Å². The van der Waals surface area contributed by atoms with Crippen molar-refractivity contribution in [1.82, 2.24) is 0 Å². The van der Waals surface area contributed by atoms with Crippen molar-refractivity contribution in [2.45, 2.75) is 0 Å². The molecule has 0 saturated carbocycles. The van der Waals surface area contributed by atoms with Crippen molar-refractivity contribution in [3.8, 4) is 0 Å². The first-order valence-electron chi connectivity index (χ1n) is 5.02. The summed E-state index contributed by atoms with van der Waals surface area (Å²) >= 11 is 12.1. The number of halogens is 2. The molecule has 2 heteroatoms. The van der Waals surface area contributed by atoms with E-state index in [4.69, 9.17) is 23.2 Å². The second kappa shape index (κ2) is 3.65. The minimum Gasteiger partial charge on any atom is -0.0827 e. The van der Waals surface area contributed by atoms with Gasteiger partial charge in [0.2, 0.25) is 0 Å². The average Bonchev–Trinajstić information content (AvgIpc) is 2.31. The SMILES string of the molecule is Clc1cc2ccc3ccccc3c2cc1Cl. The smallest absolute Gasteiger partial charge is 0.0598 e. The van der Waals surface area contributed by atoms with Gasteiger partial charge in [0.25, 0.3) is 0 Å². The number of hydrogen-bond donors (Lipinski definition) is 0. The Hall–Kier alpha value is -1.24. The Morgan fingerprint density at radius 3 is 2.19 bits per heavy atom. The first kappa shape index (κ1) is 9.95. The molecule has 0 bridgehead atoms. The maximum atomic E-state index is 6.06. The van der Waals surface area contributed by atoms with Crippen molar-refractivity contribution < 1.29 is 0 Å². The summed E-state index contributed by atoms with van der Waals surface area (Å²) in [4.78, 5) is 0. The van der Waals surface area contributed by atoms with Gasteiger partial charge in [0.15, 0.2) is 0 Å². The highest BCUT2D eigenvalue weighted by molar-refractivity contribution is 6.43. The predicted octanol–water partition coefficient (Wildman–Crippen LogP) is 5.30. The monoisotopic (exact) mass is 246 g/mol. The standard InChI is InChI=1S/C14H8Cl2/c15-13-7-10-6-5-9-3-1-2-4-11(9)12(10)8-14(13)16/h1-8H. The predicted molar refractivity (Wildman–Crippen MR) is 71.5 cm³/mol. The van der Waals surface area contributed by atoms with Crippen molar-refractivity contribution >= 4 is 44.7 Å². The van der Waals surface area contributed by atoms with Gasteiger partial charge in [0.05, 0.1) is 10.0 Å². The molecule has 0 atom stereocenters. The van der Waals surface area contributed by atoms with Gasteiger partial charge in [-0.1, -0.05) is 59.6 Å². The van der Waals surface area contributed by atoms with E-state index in [9.17, 15) is 0 Å². The van der Waals surface area contributed by atoms with E-state index >= 15 is 0 Å². The Morgan fingerprint density at radius 1 is 0.625 bits per heavy atom. The highest BCUT2D eigenvalue weighted by Crippen LogP contribution is 2.32. The summed E-state index contributed by atoms with van der Waals surface area (Å²) in [6.45, 7) is 0. The van der Waals surface area contributed by atoms with Gasteiger partial charge in [-0.25, -0.2) is 0 Å². The van der Waals surface area contributed by atoms with E-state index < -0.39 is 0 Å². The van der Waals surface area contributed by atoms with Crippen LogP contribution >= 0.6 is 23.2 Å². The molecular formula is C14H8Cl2. The summed E-state index contributed by atoms with van der Waals surface area (Å²) in [5, 5.41) is 5.89. The Bertz CT molecular complexity index is 687. The summed E-state index contributed by atoms with van der Waals surface area (Å²) < 4.78 is 0. The van der Waals surface area contributed by atoms with E-state index in [0.717, 1.165) is 10.8 Å². The van der Waals surface area contributed by atoms with Crippen LogP contribution in [0.2, 0.25) is 10.0 Å². The molecule has 0 saturated heterocycles. The van der Waals surface area contributed by atoms with Gasteiger partial charge in [-0.2, -0.15) is 0 Å². The first-order chi connectivity index (χ1) is 7.75. The lowest BCUT2D eigenvalue weighted by molar-refractivity contribution is 1.76. The van der Waals surface area contributed by atoms with Crippen LogP contribution in [0.4, 0.5) is 0 Å². The second-order valence-electron chi connectivity index (χ2n) is 3.77. The summed E-state index contributed by atoms with van der Waals surface area (Å²) in [5.74, 6) is 0. The second-order valence-corrected chi connectivity index (χ2v) is 4.59. The van der Waals surface area contributed by atoms with Crippen molar-refractivity contribution in [2.24, 2.45) is 0 Å². The molecule has 0 amide bonds. The van der Waals surface area contributed by atoms with Crippen LogP contribution in [-0.2, 0) is 0 Å². The summed E-state index contributed by atoms with van der Waals surface area (Å²) in [7, 11) is 0. The highest BCUT2D eigenvalue weighted by atomic mass is 35.5. The molecule has 0 radical (unpaired) electrons. The number of benzene rings is 3. The third-order valence-corrected chi connectivity index (χ3v) is 3.51. The van der Waals surface area contributed by atoms with Crippen LogP contribution in [0.1, 0.15) is 0 Å². The Kier molecular flexibility index (Phi) is 2.27. The third-order valence-electron chi connectivity index (χ3n) is 2.79. The van der Waals surface area contributed by atoms with Crippen LogP contribution in [-0.4, -0.2) is 0 Å². The molecule has 0 aliphatic carbocycles. The molecule has 3 rings (SSSR count). The van der Waals surface area contributed by atoms with E-state index in [1.807, 2.05) is 24.3 Å². The Morgan fingerprint density at radius 2 is 1.31 bits per heavy atom. The van der Waals surface area contributed by atoms with Crippen LogP contribution in [0.3, 0.4) is 0 Å². The molecule has 0 unspecified atom stereocenters. The molecule has 0 aliphatic rings. The van der Waals surface area contributed by atoms with Crippen LogP contribution in [0.15, 0.2) is 48.5 Å². The zero-order chi connectivity index (χ0) is 11.1. The molecule has 16 heavy (non-hydrogen) atoms. The molecule has 0 N–H and O–H groups in total. The van der Waals surface area contributed by atoms with Crippen LogP contribution in [0, 0.1) is 0 Å². The molecular weight excluding hydrogens is 239 g/mol. The molecule has 0 fully saturated rings. The molecule has 78 valence electrons. The lowest BCUT2D eigenvalue weighted by Crippen LogP contribution is -1.78. The van der Waals surface area contributed by atoms with E-state index in [0.29, 0.717) is 10.0 Å². The molecule has 0 aromatic heterocycles. The number of rotatable bonds is 0. The first-order valence-corrected chi connectivity index (χ1v) is 5.78. The van der Waals surface area contributed by atoms with Crippen LogP contribution in [0.5, 0.6) is 0 Å². The topological polar surface area (TPSA) is 0 Å². The van der Waals surface area contributed by atoms with Crippen LogP contribution < -0.4 is 0 Å². The van der Waals surface area contributed by atoms with Gasteiger partial charge in [-0.05, 0) is 33.7 Å². The molecule has 0 aliphatic heterocycles. The minimum absolute atomic E-state index is 0.601. The molecule has 3 aromatic carbocycles. The van der Waals surface area contributed by atoms with Crippen molar-refractivity contribution in [1.29, 1.82) is 0 Å². The average molecular weight is 247 g/mol. The molecule has 0 heterocycles. The lowest BCUT2D eigenvalue weighted by atomic mass is 10.0. The van der Waals surface area contributed by atoms with E-state index in [2.05, 4.69) is 24.3 Å².